The van der Waals surface area contributed by atoms with Crippen LogP contribution in [-0.2, 0) is 23.1 Å². The second kappa shape index (κ2) is 13.0. The number of ether oxygens (including phenoxy) is 2. The van der Waals surface area contributed by atoms with Gasteiger partial charge in [0.2, 0.25) is 0 Å². The van der Waals surface area contributed by atoms with Gasteiger partial charge in [0.15, 0.2) is 11.8 Å². The third kappa shape index (κ3) is 9.58. The van der Waals surface area contributed by atoms with Crippen molar-refractivity contribution in [2.75, 3.05) is 32.8 Å². The largest absolute Gasteiger partial charge is 0.444 e. The number of nitrogens with one attached hydrogen (secondary N) is 2. The molecule has 0 aliphatic carbocycles. The van der Waals surface area contributed by atoms with Gasteiger partial charge in [0, 0.05) is 39.9 Å². The van der Waals surface area contributed by atoms with Crippen molar-refractivity contribution in [1.29, 1.82) is 0 Å². The Bertz CT molecular complexity index is 718. The van der Waals surface area contributed by atoms with E-state index in [4.69, 9.17) is 14.5 Å². The van der Waals surface area contributed by atoms with E-state index < -0.39 is 5.60 Å². The standard InChI is InChI=1S/C20H37N7O3.HI/c1-7-29-12-8-10-21-18(22-13-17-25-24-15(2)26(17)6)27-11-9-16(14-27)23-19(28)30-20(3,4)5;/h16H,7-14H2,1-6H3,(H,21,22)(H,23,28);1H. The molecule has 1 aromatic heterocycles. The first kappa shape index (κ1) is 27.4. The number of aromatic nitrogens is 3. The molecule has 10 nitrogen and oxygen atoms in total. The minimum atomic E-state index is -0.509. The number of guanidine groups is 1. The van der Waals surface area contributed by atoms with Gasteiger partial charge in [0.25, 0.3) is 0 Å². The van der Waals surface area contributed by atoms with E-state index in [-0.39, 0.29) is 36.1 Å². The van der Waals surface area contributed by atoms with E-state index in [1.807, 2.05) is 46.2 Å². The van der Waals surface area contributed by atoms with Crippen LogP contribution in [0, 0.1) is 6.92 Å². The van der Waals surface area contributed by atoms with Gasteiger partial charge in [-0.1, -0.05) is 0 Å². The lowest BCUT2D eigenvalue weighted by Crippen LogP contribution is -2.44. The van der Waals surface area contributed by atoms with E-state index in [1.54, 1.807) is 0 Å². The summed E-state index contributed by atoms with van der Waals surface area (Å²) in [6, 6.07) is 0.0207. The fourth-order valence-corrected chi connectivity index (χ4v) is 3.07. The number of carbonyl (C=O) groups is 1. The lowest BCUT2D eigenvalue weighted by atomic mass is 10.2. The minimum absolute atomic E-state index is 0. The fraction of sp³-hybridized carbons (Fsp3) is 0.800. The molecule has 2 rings (SSSR count). The maximum absolute atomic E-state index is 12.1. The van der Waals surface area contributed by atoms with Crippen LogP contribution in [0.5, 0.6) is 0 Å². The maximum Gasteiger partial charge on any atom is 0.407 e. The first-order valence-electron chi connectivity index (χ1n) is 10.6. The molecular formula is C20H38IN7O3. The van der Waals surface area contributed by atoms with E-state index >= 15 is 0 Å². The summed E-state index contributed by atoms with van der Waals surface area (Å²) in [6.45, 7) is 13.6. The van der Waals surface area contributed by atoms with E-state index in [9.17, 15) is 4.79 Å². The molecule has 1 aliphatic heterocycles. The number of aliphatic imine (C=N–C) groups is 1. The van der Waals surface area contributed by atoms with Gasteiger partial charge < -0.3 is 29.6 Å². The molecule has 1 aliphatic rings. The summed E-state index contributed by atoms with van der Waals surface area (Å²) in [5.74, 6) is 2.47. The predicted octanol–water partition coefficient (Wildman–Crippen LogP) is 2.21. The summed E-state index contributed by atoms with van der Waals surface area (Å²) >= 11 is 0. The number of rotatable bonds is 8. The van der Waals surface area contributed by atoms with Crippen LogP contribution in [0.1, 0.15) is 52.2 Å². The molecule has 11 heteroatoms. The Labute approximate surface area is 202 Å². The van der Waals surface area contributed by atoms with Gasteiger partial charge in [0.05, 0.1) is 6.04 Å². The zero-order valence-corrected chi connectivity index (χ0v) is 21.9. The minimum Gasteiger partial charge on any atom is -0.444 e. The maximum atomic E-state index is 12.1. The number of likely N-dealkylation sites (tertiary alicyclic amines) is 1. The van der Waals surface area contributed by atoms with E-state index in [2.05, 4.69) is 25.7 Å². The Morgan fingerprint density at radius 1 is 1.32 bits per heavy atom. The number of nitrogens with zero attached hydrogens (tertiary/aromatic N) is 5. The van der Waals surface area contributed by atoms with Gasteiger partial charge in [0.1, 0.15) is 18.0 Å². The molecule has 2 heterocycles. The number of alkyl carbamates (subject to hydrolysis) is 1. The Kier molecular flexibility index (Phi) is 11.5. The first-order chi connectivity index (χ1) is 14.2. The van der Waals surface area contributed by atoms with Crippen molar-refractivity contribution in [3.63, 3.8) is 0 Å². The van der Waals surface area contributed by atoms with Gasteiger partial charge in [-0.05, 0) is 47.5 Å². The zero-order valence-electron chi connectivity index (χ0n) is 19.6. The molecule has 1 saturated heterocycles. The van der Waals surface area contributed by atoms with Crippen molar-refractivity contribution in [3.05, 3.63) is 11.6 Å². The molecule has 1 unspecified atom stereocenters. The third-order valence-corrected chi connectivity index (χ3v) is 4.71. The molecule has 178 valence electrons. The summed E-state index contributed by atoms with van der Waals surface area (Å²) in [6.07, 6.45) is 1.35. The molecule has 0 radical (unpaired) electrons. The van der Waals surface area contributed by atoms with Crippen molar-refractivity contribution in [2.45, 2.75) is 65.6 Å². The van der Waals surface area contributed by atoms with Crippen LogP contribution in [0.3, 0.4) is 0 Å². The molecule has 31 heavy (non-hydrogen) atoms. The summed E-state index contributed by atoms with van der Waals surface area (Å²) in [4.78, 5) is 19.0. The number of hydrogen-bond acceptors (Lipinski definition) is 6. The van der Waals surface area contributed by atoms with Crippen LogP contribution >= 0.6 is 24.0 Å². The van der Waals surface area contributed by atoms with Crippen LogP contribution in [0.25, 0.3) is 0 Å². The van der Waals surface area contributed by atoms with E-state index in [1.165, 1.54) is 0 Å². The highest BCUT2D eigenvalue weighted by Crippen LogP contribution is 2.12. The molecule has 2 N–H and O–H groups in total. The molecule has 0 bridgehead atoms. The molecular weight excluding hydrogens is 513 g/mol. The average molecular weight is 551 g/mol. The first-order valence-corrected chi connectivity index (χ1v) is 10.6. The monoisotopic (exact) mass is 551 g/mol. The Morgan fingerprint density at radius 3 is 2.68 bits per heavy atom. The fourth-order valence-electron chi connectivity index (χ4n) is 3.07. The van der Waals surface area contributed by atoms with Gasteiger partial charge in [-0.25, -0.2) is 9.79 Å². The SMILES string of the molecule is CCOCCCNC(=NCc1nnc(C)n1C)N1CCC(NC(=O)OC(C)(C)C)C1.I. The second-order valence-corrected chi connectivity index (χ2v) is 8.42. The van der Waals surface area contributed by atoms with Crippen LogP contribution in [0.15, 0.2) is 4.99 Å². The van der Waals surface area contributed by atoms with Crippen molar-refractivity contribution >= 4 is 36.0 Å². The normalized spacial score (nSPS) is 16.8. The van der Waals surface area contributed by atoms with Crippen molar-refractivity contribution in [3.8, 4) is 0 Å². The topological polar surface area (TPSA) is 106 Å². The Hall–Kier alpha value is -1.63. The average Bonchev–Trinajstić information content (AvgIpc) is 3.23. The molecule has 1 amide bonds. The molecule has 1 fully saturated rings. The van der Waals surface area contributed by atoms with Crippen LogP contribution < -0.4 is 10.6 Å². The predicted molar refractivity (Wildman–Crippen MR) is 131 cm³/mol. The summed E-state index contributed by atoms with van der Waals surface area (Å²) < 4.78 is 12.7. The molecule has 0 saturated carbocycles. The van der Waals surface area contributed by atoms with Gasteiger partial charge >= 0.3 is 6.09 Å². The van der Waals surface area contributed by atoms with E-state index in [0.29, 0.717) is 19.7 Å². The van der Waals surface area contributed by atoms with Gasteiger partial charge in [-0.3, -0.25) is 0 Å². The smallest absolute Gasteiger partial charge is 0.407 e. The third-order valence-electron chi connectivity index (χ3n) is 4.71. The van der Waals surface area contributed by atoms with Crippen LogP contribution in [0.2, 0.25) is 0 Å². The molecule has 0 aromatic carbocycles. The highest BCUT2D eigenvalue weighted by atomic mass is 127. The van der Waals surface area contributed by atoms with Crippen molar-refractivity contribution < 1.29 is 14.3 Å². The molecule has 1 aromatic rings. The number of carbonyl (C=O) groups excluding carboxylic acids is 1. The Morgan fingerprint density at radius 2 is 2.06 bits per heavy atom. The Balaban J connectivity index is 0.00000480. The number of amides is 1. The van der Waals surface area contributed by atoms with Gasteiger partial charge in [-0.2, -0.15) is 0 Å². The summed E-state index contributed by atoms with van der Waals surface area (Å²) in [5.41, 5.74) is -0.509. The number of aryl methyl sites for hydroxylation is 1. The molecule has 0 spiro atoms. The summed E-state index contributed by atoms with van der Waals surface area (Å²) in [7, 11) is 1.94. The van der Waals surface area contributed by atoms with Crippen LogP contribution in [-0.4, -0.2) is 76.2 Å². The number of halogens is 1. The highest BCUT2D eigenvalue weighted by Gasteiger charge is 2.28. The van der Waals surface area contributed by atoms with E-state index in [0.717, 1.165) is 50.1 Å². The number of hydrogen-bond donors (Lipinski definition) is 2. The molecule has 1 atom stereocenters. The van der Waals surface area contributed by atoms with Crippen molar-refractivity contribution in [1.82, 2.24) is 30.3 Å². The zero-order chi connectivity index (χ0) is 22.1. The van der Waals surface area contributed by atoms with Crippen LogP contribution in [0.4, 0.5) is 4.79 Å². The summed E-state index contributed by atoms with van der Waals surface area (Å²) in [5, 5.41) is 14.7. The quantitative estimate of drug-likeness (QED) is 0.221. The lowest BCUT2D eigenvalue weighted by molar-refractivity contribution is 0.0507. The highest BCUT2D eigenvalue weighted by molar-refractivity contribution is 14.0. The second-order valence-electron chi connectivity index (χ2n) is 8.42. The van der Waals surface area contributed by atoms with Gasteiger partial charge in [-0.15, -0.1) is 34.2 Å². The lowest BCUT2D eigenvalue weighted by Gasteiger charge is -2.23. The van der Waals surface area contributed by atoms with Crippen molar-refractivity contribution in [2.24, 2.45) is 12.0 Å².